The summed E-state index contributed by atoms with van der Waals surface area (Å²) in [4.78, 5) is 11.2. The van der Waals surface area contributed by atoms with Gasteiger partial charge in [0, 0.05) is 21.3 Å². The summed E-state index contributed by atoms with van der Waals surface area (Å²) in [6, 6.07) is 2.17. The van der Waals surface area contributed by atoms with Crippen LogP contribution in [-0.2, 0) is 9.05 Å². The van der Waals surface area contributed by atoms with E-state index >= 15 is 0 Å². The molecule has 1 amide bonds. The Bertz CT molecular complexity index is 605. The van der Waals surface area contributed by atoms with Crippen molar-refractivity contribution in [2.75, 3.05) is 6.54 Å². The van der Waals surface area contributed by atoms with Crippen LogP contribution in [0.5, 0.6) is 0 Å². The molecule has 1 rings (SSSR count). The number of hydrogen-bond donors (Lipinski definition) is 1. The van der Waals surface area contributed by atoms with Gasteiger partial charge in [0.05, 0.1) is 11.4 Å². The van der Waals surface area contributed by atoms with Crippen molar-refractivity contribution in [1.82, 2.24) is 5.32 Å². The Morgan fingerprint density at radius 1 is 1.42 bits per heavy atom. The number of halogens is 4. The van der Waals surface area contributed by atoms with E-state index in [1.807, 2.05) is 5.32 Å². The molecule has 0 saturated heterocycles. The minimum absolute atomic E-state index is 0.00363. The second-order valence-corrected chi connectivity index (χ2v) is 6.56. The maximum atomic E-state index is 12.0. The van der Waals surface area contributed by atoms with E-state index in [1.54, 1.807) is 0 Å². The number of carbonyl (C=O) groups is 1. The smallest absolute Gasteiger partial charge is 0.261 e. The molecule has 0 aliphatic carbocycles. The lowest BCUT2D eigenvalue weighted by molar-refractivity contribution is 0.0891. The molecule has 0 aliphatic heterocycles. The van der Waals surface area contributed by atoms with Gasteiger partial charge in [0.1, 0.15) is 0 Å². The fourth-order valence-electron chi connectivity index (χ4n) is 1.31. The minimum Gasteiger partial charge on any atom is -0.346 e. The van der Waals surface area contributed by atoms with Gasteiger partial charge < -0.3 is 5.32 Å². The van der Waals surface area contributed by atoms with E-state index in [1.165, 1.54) is 13.0 Å². The predicted molar refractivity (Wildman–Crippen MR) is 67.6 cm³/mol. The monoisotopic (exact) mass is 331 g/mol. The Labute approximate surface area is 118 Å². The van der Waals surface area contributed by atoms with Crippen molar-refractivity contribution in [3.8, 4) is 0 Å². The molecule has 1 aromatic rings. The highest BCUT2D eigenvalue weighted by Gasteiger charge is 2.19. The fraction of sp³-hybridized carbons (Fsp3) is 0.300. The molecule has 106 valence electrons. The van der Waals surface area contributed by atoms with Gasteiger partial charge in [-0.05, 0) is 24.6 Å². The van der Waals surface area contributed by atoms with Crippen LogP contribution in [0.15, 0.2) is 17.0 Å². The van der Waals surface area contributed by atoms with Gasteiger partial charge in [0.2, 0.25) is 0 Å². The van der Waals surface area contributed by atoms with Crippen molar-refractivity contribution in [2.24, 2.45) is 0 Å². The highest BCUT2D eigenvalue weighted by molar-refractivity contribution is 8.13. The van der Waals surface area contributed by atoms with E-state index in [0.29, 0.717) is 0 Å². The van der Waals surface area contributed by atoms with Gasteiger partial charge in [0.15, 0.2) is 0 Å². The quantitative estimate of drug-likeness (QED) is 0.862. The number of benzene rings is 1. The molecule has 0 fully saturated rings. The highest BCUT2D eigenvalue weighted by atomic mass is 35.7. The summed E-state index contributed by atoms with van der Waals surface area (Å²) in [5.74, 6) is -0.858. The Kier molecular flexibility index (Phi) is 5.11. The molecule has 0 aromatic heterocycles. The number of carbonyl (C=O) groups excluding carboxylic acids is 1. The van der Waals surface area contributed by atoms with Crippen LogP contribution in [-0.4, -0.2) is 27.3 Å². The summed E-state index contributed by atoms with van der Waals surface area (Å²) in [6.45, 7) is 0.575. The molecule has 0 saturated carbocycles. The standard InChI is InChI=1S/C10H9Cl2F2NO3S/c1-5-7(11)2-6(3-8(5)19(12,17)18)10(16)15-4-9(13)14/h2-3,9H,4H2,1H3,(H,15,16). The first-order valence-corrected chi connectivity index (χ1v) is 7.63. The number of hydrogen-bond acceptors (Lipinski definition) is 3. The van der Waals surface area contributed by atoms with E-state index in [0.717, 1.165) is 6.07 Å². The van der Waals surface area contributed by atoms with Gasteiger partial charge in [-0.1, -0.05) is 11.6 Å². The first-order chi connectivity index (χ1) is 8.62. The topological polar surface area (TPSA) is 63.2 Å². The van der Waals surface area contributed by atoms with Gasteiger partial charge in [-0.15, -0.1) is 0 Å². The molecule has 4 nitrogen and oxygen atoms in total. The summed E-state index contributed by atoms with van der Waals surface area (Å²) in [7, 11) is 1.12. The Morgan fingerprint density at radius 3 is 2.47 bits per heavy atom. The van der Waals surface area contributed by atoms with Crippen LogP contribution < -0.4 is 5.32 Å². The van der Waals surface area contributed by atoms with Gasteiger partial charge in [-0.2, -0.15) is 0 Å². The molecule has 0 atom stereocenters. The second kappa shape index (κ2) is 6.02. The zero-order chi connectivity index (χ0) is 14.8. The van der Waals surface area contributed by atoms with E-state index in [4.69, 9.17) is 22.3 Å². The van der Waals surface area contributed by atoms with E-state index in [9.17, 15) is 22.0 Å². The average Bonchev–Trinajstić information content (AvgIpc) is 2.27. The zero-order valence-corrected chi connectivity index (χ0v) is 11.9. The normalized spacial score (nSPS) is 11.7. The molecular weight excluding hydrogens is 323 g/mol. The molecule has 0 unspecified atom stereocenters. The Balaban J connectivity index is 3.18. The number of alkyl halides is 2. The summed E-state index contributed by atoms with van der Waals surface area (Å²) in [6.07, 6.45) is -2.71. The van der Waals surface area contributed by atoms with Gasteiger partial charge >= 0.3 is 0 Å². The number of amides is 1. The van der Waals surface area contributed by atoms with Gasteiger partial charge in [-0.3, -0.25) is 4.79 Å². The third-order valence-corrected chi connectivity index (χ3v) is 4.08. The van der Waals surface area contributed by atoms with Crippen molar-refractivity contribution in [3.63, 3.8) is 0 Å². The largest absolute Gasteiger partial charge is 0.346 e. The third kappa shape index (κ3) is 4.29. The van der Waals surface area contributed by atoms with E-state index < -0.39 is 27.9 Å². The maximum Gasteiger partial charge on any atom is 0.261 e. The third-order valence-electron chi connectivity index (χ3n) is 2.24. The first kappa shape index (κ1) is 16.1. The molecule has 19 heavy (non-hydrogen) atoms. The first-order valence-electron chi connectivity index (χ1n) is 4.94. The minimum atomic E-state index is -4.08. The van der Waals surface area contributed by atoms with Crippen LogP contribution in [0.2, 0.25) is 5.02 Å². The van der Waals surface area contributed by atoms with E-state index in [-0.39, 0.29) is 21.0 Å². The SMILES string of the molecule is Cc1c(Cl)cc(C(=O)NCC(F)F)cc1S(=O)(=O)Cl. The van der Waals surface area contributed by atoms with Crippen molar-refractivity contribution in [3.05, 3.63) is 28.3 Å². The molecule has 1 N–H and O–H groups in total. The summed E-state index contributed by atoms with van der Waals surface area (Å²) >= 11 is 5.78. The zero-order valence-electron chi connectivity index (χ0n) is 9.58. The fourth-order valence-corrected chi connectivity index (χ4v) is 2.81. The van der Waals surface area contributed by atoms with Gasteiger partial charge in [-0.25, -0.2) is 17.2 Å². The van der Waals surface area contributed by atoms with Crippen LogP contribution >= 0.6 is 22.3 Å². The van der Waals surface area contributed by atoms with Crippen LogP contribution in [0.1, 0.15) is 15.9 Å². The molecular formula is C10H9Cl2F2NO3S. The second-order valence-electron chi connectivity index (χ2n) is 3.62. The lowest BCUT2D eigenvalue weighted by Crippen LogP contribution is -2.28. The molecule has 1 aromatic carbocycles. The lowest BCUT2D eigenvalue weighted by Gasteiger charge is -2.09. The summed E-state index contributed by atoms with van der Waals surface area (Å²) in [5.41, 5.74) is 0.0255. The summed E-state index contributed by atoms with van der Waals surface area (Å²) in [5, 5.41) is 1.94. The Morgan fingerprint density at radius 2 is 2.00 bits per heavy atom. The van der Waals surface area contributed by atoms with Crippen LogP contribution in [0.4, 0.5) is 8.78 Å². The Hall–Kier alpha value is -0.920. The molecule has 0 heterocycles. The predicted octanol–water partition coefficient (Wildman–Crippen LogP) is 2.57. The number of rotatable bonds is 4. The maximum absolute atomic E-state index is 12.0. The highest BCUT2D eigenvalue weighted by Crippen LogP contribution is 2.27. The molecule has 0 bridgehead atoms. The van der Waals surface area contributed by atoms with Crippen molar-refractivity contribution in [2.45, 2.75) is 18.2 Å². The van der Waals surface area contributed by atoms with Crippen molar-refractivity contribution >= 4 is 37.2 Å². The van der Waals surface area contributed by atoms with Crippen LogP contribution in [0.3, 0.4) is 0 Å². The van der Waals surface area contributed by atoms with Crippen molar-refractivity contribution in [1.29, 1.82) is 0 Å². The molecule has 0 aliphatic rings. The number of nitrogens with one attached hydrogen (secondary N) is 1. The van der Waals surface area contributed by atoms with E-state index in [2.05, 4.69) is 0 Å². The van der Waals surface area contributed by atoms with Crippen molar-refractivity contribution < 1.29 is 22.0 Å². The van der Waals surface area contributed by atoms with Crippen LogP contribution in [0, 0.1) is 6.92 Å². The van der Waals surface area contributed by atoms with Crippen LogP contribution in [0.25, 0.3) is 0 Å². The molecule has 9 heteroatoms. The lowest BCUT2D eigenvalue weighted by atomic mass is 10.1. The van der Waals surface area contributed by atoms with Gasteiger partial charge in [0.25, 0.3) is 21.4 Å². The average molecular weight is 332 g/mol. The summed E-state index contributed by atoms with van der Waals surface area (Å²) < 4.78 is 46.5. The molecule has 0 spiro atoms. The molecule has 0 radical (unpaired) electrons.